The van der Waals surface area contributed by atoms with Gasteiger partial charge in [0.05, 0.1) is 16.6 Å². The molecule has 0 bridgehead atoms. The van der Waals surface area contributed by atoms with E-state index in [9.17, 15) is 22.8 Å². The maximum absolute atomic E-state index is 13.7. The number of ether oxygens (including phenoxy) is 1. The fourth-order valence-electron chi connectivity index (χ4n) is 4.54. The minimum atomic E-state index is -4.55. The molecule has 2 N–H and O–H groups in total. The fraction of sp³-hybridized carbons (Fsp3) is 0.259. The lowest BCUT2D eigenvalue weighted by atomic mass is 9.95. The van der Waals surface area contributed by atoms with Gasteiger partial charge in [-0.05, 0) is 42.0 Å². The predicted molar refractivity (Wildman–Crippen MR) is 139 cm³/mol. The van der Waals surface area contributed by atoms with Crippen molar-refractivity contribution in [3.63, 3.8) is 0 Å². The third-order valence-corrected chi connectivity index (χ3v) is 6.47. The number of anilines is 3. The molecule has 39 heavy (non-hydrogen) atoms. The van der Waals surface area contributed by atoms with E-state index in [4.69, 9.17) is 4.74 Å². The molecular formula is C27H25F3N6O3. The van der Waals surface area contributed by atoms with E-state index in [0.717, 1.165) is 12.1 Å². The van der Waals surface area contributed by atoms with Gasteiger partial charge < -0.3 is 24.8 Å². The Morgan fingerprint density at radius 2 is 1.85 bits per heavy atom. The number of nitrogens with zero attached hydrogens (tertiary/aromatic N) is 4. The lowest BCUT2D eigenvalue weighted by Crippen LogP contribution is -2.18. The number of imidazole rings is 1. The number of fused-ring (bicyclic) bond motifs is 1. The molecule has 1 fully saturated rings. The maximum Gasteiger partial charge on any atom is 0.416 e. The van der Waals surface area contributed by atoms with Crippen LogP contribution in [0.4, 0.5) is 30.6 Å². The van der Waals surface area contributed by atoms with E-state index in [2.05, 4.69) is 20.6 Å². The number of amides is 2. The van der Waals surface area contributed by atoms with Gasteiger partial charge in [0, 0.05) is 63.9 Å². The first kappa shape index (κ1) is 26.0. The second-order valence-electron chi connectivity index (χ2n) is 9.45. The Balaban J connectivity index is 1.43. The molecule has 1 aliphatic rings. The highest BCUT2D eigenvalue weighted by molar-refractivity contribution is 5.87. The molecule has 0 spiro atoms. The lowest BCUT2D eigenvalue weighted by molar-refractivity contribution is -0.137. The number of likely N-dealkylation sites (tertiary alicyclic amines) is 1. The van der Waals surface area contributed by atoms with Crippen LogP contribution in [0.25, 0.3) is 11.0 Å². The van der Waals surface area contributed by atoms with Crippen molar-refractivity contribution in [1.82, 2.24) is 19.4 Å². The number of nitrogens with one attached hydrogen (secondary N) is 2. The number of alkyl halides is 3. The molecule has 2 amide bonds. The van der Waals surface area contributed by atoms with Gasteiger partial charge in [-0.1, -0.05) is 0 Å². The summed E-state index contributed by atoms with van der Waals surface area (Å²) in [6.07, 6.45) is -2.88. The minimum absolute atomic E-state index is 0.0987. The van der Waals surface area contributed by atoms with Crippen LogP contribution in [0.3, 0.4) is 0 Å². The van der Waals surface area contributed by atoms with Crippen LogP contribution in [0, 0.1) is 0 Å². The van der Waals surface area contributed by atoms with Crippen molar-refractivity contribution < 1.29 is 27.5 Å². The second kappa shape index (κ2) is 9.93. The Hall–Kier alpha value is -4.61. The number of benzene rings is 2. The molecule has 12 heteroatoms. The van der Waals surface area contributed by atoms with E-state index in [0.29, 0.717) is 46.4 Å². The fourth-order valence-corrected chi connectivity index (χ4v) is 4.54. The molecule has 0 unspecified atom stereocenters. The second-order valence-corrected chi connectivity index (χ2v) is 9.45. The largest absolute Gasteiger partial charge is 0.457 e. The van der Waals surface area contributed by atoms with E-state index in [1.807, 2.05) is 0 Å². The van der Waals surface area contributed by atoms with Gasteiger partial charge in [-0.15, -0.1) is 0 Å². The van der Waals surface area contributed by atoms with Crippen LogP contribution in [0.15, 0.2) is 54.7 Å². The molecule has 1 saturated heterocycles. The van der Waals surface area contributed by atoms with Crippen molar-refractivity contribution >= 4 is 40.3 Å². The SMILES string of the molecule is CC(=O)Nc1cc(Oc2ccc3nc(Nc4cc([C@@H]5CC(=O)N(C)C5)cc(C(F)(F)F)c4)n(C)c3c2)ccn1. The summed E-state index contributed by atoms with van der Waals surface area (Å²) < 4.78 is 48.8. The third-order valence-electron chi connectivity index (χ3n) is 6.47. The number of halogens is 3. The summed E-state index contributed by atoms with van der Waals surface area (Å²) in [5.74, 6) is 0.955. The van der Waals surface area contributed by atoms with Crippen LogP contribution < -0.4 is 15.4 Å². The summed E-state index contributed by atoms with van der Waals surface area (Å²) in [6, 6.07) is 12.2. The molecule has 0 saturated carbocycles. The van der Waals surface area contributed by atoms with Crippen LogP contribution in [-0.4, -0.2) is 44.8 Å². The molecule has 2 aromatic carbocycles. The number of pyridine rings is 1. The van der Waals surface area contributed by atoms with Gasteiger partial charge in [0.2, 0.25) is 17.8 Å². The lowest BCUT2D eigenvalue weighted by Gasteiger charge is -2.17. The summed E-state index contributed by atoms with van der Waals surface area (Å²) in [7, 11) is 3.38. The summed E-state index contributed by atoms with van der Waals surface area (Å²) in [5.41, 5.74) is 1.15. The molecular weight excluding hydrogens is 513 g/mol. The van der Waals surface area contributed by atoms with Gasteiger partial charge >= 0.3 is 6.18 Å². The molecule has 0 radical (unpaired) electrons. The predicted octanol–water partition coefficient (Wildman–Crippen LogP) is 5.43. The first-order valence-corrected chi connectivity index (χ1v) is 12.1. The van der Waals surface area contributed by atoms with Gasteiger partial charge in [-0.25, -0.2) is 9.97 Å². The van der Waals surface area contributed by atoms with Crippen LogP contribution in [0.1, 0.15) is 30.4 Å². The minimum Gasteiger partial charge on any atom is -0.457 e. The zero-order valence-electron chi connectivity index (χ0n) is 21.3. The highest BCUT2D eigenvalue weighted by Gasteiger charge is 2.34. The Morgan fingerprint density at radius 3 is 2.54 bits per heavy atom. The number of hydrogen-bond donors (Lipinski definition) is 2. The summed E-state index contributed by atoms with van der Waals surface area (Å²) in [4.78, 5) is 33.4. The molecule has 1 aliphatic heterocycles. The van der Waals surface area contributed by atoms with E-state index < -0.39 is 11.7 Å². The normalized spacial score (nSPS) is 15.6. The van der Waals surface area contributed by atoms with Crippen molar-refractivity contribution in [3.05, 3.63) is 65.9 Å². The quantitative estimate of drug-likeness (QED) is 0.340. The molecule has 3 heterocycles. The zero-order valence-corrected chi connectivity index (χ0v) is 21.3. The highest BCUT2D eigenvalue weighted by atomic mass is 19.4. The number of hydrogen-bond acceptors (Lipinski definition) is 6. The van der Waals surface area contributed by atoms with Gasteiger partial charge in [0.25, 0.3) is 0 Å². The molecule has 4 aromatic rings. The van der Waals surface area contributed by atoms with Crippen molar-refractivity contribution in [1.29, 1.82) is 0 Å². The van der Waals surface area contributed by atoms with Crippen LogP contribution in [-0.2, 0) is 22.8 Å². The molecule has 0 aliphatic carbocycles. The summed E-state index contributed by atoms with van der Waals surface area (Å²) >= 11 is 0. The van der Waals surface area contributed by atoms with E-state index in [1.165, 1.54) is 18.0 Å². The maximum atomic E-state index is 13.7. The van der Waals surface area contributed by atoms with Gasteiger partial charge in [-0.2, -0.15) is 13.2 Å². The van der Waals surface area contributed by atoms with Crippen LogP contribution in [0.5, 0.6) is 11.5 Å². The molecule has 2 aromatic heterocycles. The number of carbonyl (C=O) groups excluding carboxylic acids is 2. The first-order valence-electron chi connectivity index (χ1n) is 12.1. The van der Waals surface area contributed by atoms with E-state index in [-0.39, 0.29) is 29.8 Å². The average molecular weight is 539 g/mol. The molecule has 202 valence electrons. The number of carbonyl (C=O) groups is 2. The smallest absolute Gasteiger partial charge is 0.416 e. The Morgan fingerprint density at radius 1 is 1.08 bits per heavy atom. The molecule has 5 rings (SSSR count). The third kappa shape index (κ3) is 5.64. The van der Waals surface area contributed by atoms with E-state index in [1.54, 1.807) is 55.1 Å². The van der Waals surface area contributed by atoms with Crippen LogP contribution >= 0.6 is 0 Å². The number of aryl methyl sites for hydroxylation is 1. The van der Waals surface area contributed by atoms with Crippen molar-refractivity contribution in [3.8, 4) is 11.5 Å². The topological polar surface area (TPSA) is 101 Å². The Bertz CT molecular complexity index is 1580. The monoisotopic (exact) mass is 538 g/mol. The molecule has 1 atom stereocenters. The summed E-state index contributed by atoms with van der Waals surface area (Å²) in [6.45, 7) is 1.74. The summed E-state index contributed by atoms with van der Waals surface area (Å²) in [5, 5.41) is 5.61. The van der Waals surface area contributed by atoms with Crippen molar-refractivity contribution in [2.24, 2.45) is 7.05 Å². The van der Waals surface area contributed by atoms with Crippen LogP contribution in [0.2, 0.25) is 0 Å². The van der Waals surface area contributed by atoms with E-state index >= 15 is 0 Å². The number of likely N-dealkylation sites (N-methyl/N-ethyl adjacent to an activating group) is 1. The highest BCUT2D eigenvalue weighted by Crippen LogP contribution is 2.37. The van der Waals surface area contributed by atoms with Crippen molar-refractivity contribution in [2.45, 2.75) is 25.4 Å². The first-order chi connectivity index (χ1) is 18.5. The average Bonchev–Trinajstić information content (AvgIpc) is 3.36. The Labute approximate surface area is 221 Å². The Kier molecular flexibility index (Phi) is 6.62. The van der Waals surface area contributed by atoms with Gasteiger partial charge in [-0.3, -0.25) is 9.59 Å². The standard InChI is InChI=1S/C27H25F3N6O3/c1-15(37)32-24-13-21(6-7-31-24)39-20-4-5-22-23(12-20)36(3)26(34-22)33-19-9-16(8-18(11-19)27(28,29)30)17-10-25(38)35(2)14-17/h4-9,11-13,17H,10,14H2,1-3H3,(H,33,34)(H,31,32,37)/t17-/m1/s1. The van der Waals surface area contributed by atoms with Gasteiger partial charge in [0.15, 0.2) is 0 Å². The zero-order chi connectivity index (χ0) is 27.9. The van der Waals surface area contributed by atoms with Gasteiger partial charge in [0.1, 0.15) is 17.3 Å². The molecule has 9 nitrogen and oxygen atoms in total. The van der Waals surface area contributed by atoms with Crippen molar-refractivity contribution in [2.75, 3.05) is 24.2 Å². The number of rotatable bonds is 6. The number of aromatic nitrogens is 3.